The second-order valence-corrected chi connectivity index (χ2v) is 4.77. The maximum absolute atomic E-state index is 11.3. The fourth-order valence-electron chi connectivity index (χ4n) is 2.30. The van der Waals surface area contributed by atoms with E-state index in [0.717, 1.165) is 22.4 Å². The number of aliphatic imine (C=N–C) groups is 1. The number of amides is 1. The van der Waals surface area contributed by atoms with Gasteiger partial charge in [0.05, 0.1) is 12.3 Å². The second kappa shape index (κ2) is 4.35. The first-order valence-corrected chi connectivity index (χ1v) is 6.20. The minimum atomic E-state index is -0.405. The second-order valence-electron chi connectivity index (χ2n) is 4.77. The summed E-state index contributed by atoms with van der Waals surface area (Å²) in [6, 6.07) is 13.8. The third kappa shape index (κ3) is 2.03. The van der Waals surface area contributed by atoms with Gasteiger partial charge in [-0.2, -0.15) is 0 Å². The summed E-state index contributed by atoms with van der Waals surface area (Å²) in [5.74, 6) is -0.405. The van der Waals surface area contributed by atoms with Gasteiger partial charge in [-0.15, -0.1) is 0 Å². The number of primary amides is 1. The molecule has 3 nitrogen and oxygen atoms in total. The van der Waals surface area contributed by atoms with Gasteiger partial charge in [-0.3, -0.25) is 9.79 Å². The van der Waals surface area contributed by atoms with E-state index in [1.165, 1.54) is 5.56 Å². The van der Waals surface area contributed by atoms with Gasteiger partial charge >= 0.3 is 0 Å². The largest absolute Gasteiger partial charge is 0.366 e. The summed E-state index contributed by atoms with van der Waals surface area (Å²) in [5, 5.41) is 0. The van der Waals surface area contributed by atoms with Crippen LogP contribution in [0.2, 0.25) is 0 Å². The summed E-state index contributed by atoms with van der Waals surface area (Å²) in [6.45, 7) is 2.72. The van der Waals surface area contributed by atoms with Crippen molar-refractivity contribution in [1.29, 1.82) is 0 Å². The molecular weight excluding hydrogens is 236 g/mol. The van der Waals surface area contributed by atoms with E-state index in [1.807, 2.05) is 12.1 Å². The highest BCUT2D eigenvalue weighted by atomic mass is 16.1. The van der Waals surface area contributed by atoms with Gasteiger partial charge in [0, 0.05) is 16.7 Å². The Morgan fingerprint density at radius 2 is 1.89 bits per heavy atom. The molecular formula is C16H14N2O. The minimum absolute atomic E-state index is 0.405. The SMILES string of the molecule is Cc1ccc(C2=NCc3ccc(C(N)=O)cc32)cc1. The minimum Gasteiger partial charge on any atom is -0.366 e. The molecule has 0 saturated heterocycles. The van der Waals surface area contributed by atoms with Crippen LogP contribution in [-0.2, 0) is 6.54 Å². The molecule has 3 rings (SSSR count). The summed E-state index contributed by atoms with van der Waals surface area (Å²) in [4.78, 5) is 15.8. The predicted octanol–water partition coefficient (Wildman–Crippen LogP) is 2.44. The highest BCUT2D eigenvalue weighted by Crippen LogP contribution is 2.24. The molecule has 3 heteroatoms. The number of nitrogens with zero attached hydrogens (tertiary/aromatic N) is 1. The number of nitrogens with two attached hydrogens (primary N) is 1. The number of carbonyl (C=O) groups is 1. The smallest absolute Gasteiger partial charge is 0.248 e. The zero-order chi connectivity index (χ0) is 13.4. The van der Waals surface area contributed by atoms with E-state index >= 15 is 0 Å². The predicted molar refractivity (Wildman–Crippen MR) is 75.5 cm³/mol. The molecule has 2 aromatic rings. The maximum Gasteiger partial charge on any atom is 0.248 e. The number of benzene rings is 2. The van der Waals surface area contributed by atoms with E-state index in [9.17, 15) is 4.79 Å². The van der Waals surface area contributed by atoms with Crippen molar-refractivity contribution >= 4 is 11.6 Å². The molecule has 2 N–H and O–H groups in total. The molecule has 0 spiro atoms. The lowest BCUT2D eigenvalue weighted by Crippen LogP contribution is -2.12. The van der Waals surface area contributed by atoms with Crippen molar-refractivity contribution in [2.75, 3.05) is 0 Å². The molecule has 0 unspecified atom stereocenters. The van der Waals surface area contributed by atoms with Gasteiger partial charge in [-0.1, -0.05) is 35.9 Å². The fraction of sp³-hybridized carbons (Fsp3) is 0.125. The van der Waals surface area contributed by atoms with Crippen LogP contribution in [0.5, 0.6) is 0 Å². The molecule has 0 atom stereocenters. The van der Waals surface area contributed by atoms with E-state index < -0.39 is 5.91 Å². The molecule has 0 aromatic heterocycles. The number of rotatable bonds is 2. The molecule has 1 aliphatic heterocycles. The molecule has 0 fully saturated rings. The van der Waals surface area contributed by atoms with Gasteiger partial charge in [-0.25, -0.2) is 0 Å². The van der Waals surface area contributed by atoms with Crippen LogP contribution in [-0.4, -0.2) is 11.6 Å². The maximum atomic E-state index is 11.3. The Hall–Kier alpha value is -2.42. The Kier molecular flexibility index (Phi) is 2.67. The molecule has 94 valence electrons. The van der Waals surface area contributed by atoms with Crippen molar-refractivity contribution in [2.45, 2.75) is 13.5 Å². The van der Waals surface area contributed by atoms with E-state index in [-0.39, 0.29) is 0 Å². The average molecular weight is 250 g/mol. The van der Waals surface area contributed by atoms with Gasteiger partial charge in [0.2, 0.25) is 5.91 Å². The molecule has 2 aromatic carbocycles. The van der Waals surface area contributed by atoms with E-state index in [1.54, 1.807) is 6.07 Å². The molecule has 0 radical (unpaired) electrons. The van der Waals surface area contributed by atoms with E-state index in [0.29, 0.717) is 12.1 Å². The van der Waals surface area contributed by atoms with Crippen molar-refractivity contribution in [1.82, 2.24) is 0 Å². The van der Waals surface area contributed by atoms with Gasteiger partial charge in [0.25, 0.3) is 0 Å². The van der Waals surface area contributed by atoms with Crippen LogP contribution in [0.4, 0.5) is 0 Å². The third-order valence-electron chi connectivity index (χ3n) is 3.38. The first-order valence-electron chi connectivity index (χ1n) is 6.20. The standard InChI is InChI=1S/C16H14N2O/c1-10-2-4-11(5-3-10)15-14-8-12(16(17)19)6-7-13(14)9-18-15/h2-8H,9H2,1H3,(H2,17,19). The van der Waals surface area contributed by atoms with Gasteiger partial charge in [0.15, 0.2) is 0 Å². The summed E-state index contributed by atoms with van der Waals surface area (Å²) < 4.78 is 0. The Morgan fingerprint density at radius 1 is 1.16 bits per heavy atom. The molecule has 0 saturated carbocycles. The summed E-state index contributed by atoms with van der Waals surface area (Å²) in [5.41, 5.74) is 11.2. The average Bonchev–Trinajstić information content (AvgIpc) is 2.82. The first-order chi connectivity index (χ1) is 9.15. The van der Waals surface area contributed by atoms with Crippen molar-refractivity contribution in [3.8, 4) is 0 Å². The van der Waals surface area contributed by atoms with Crippen molar-refractivity contribution in [3.05, 3.63) is 70.3 Å². The lowest BCUT2D eigenvalue weighted by atomic mass is 9.97. The number of fused-ring (bicyclic) bond motifs is 1. The molecule has 1 heterocycles. The van der Waals surface area contributed by atoms with Crippen LogP contribution in [0, 0.1) is 6.92 Å². The van der Waals surface area contributed by atoms with Gasteiger partial charge < -0.3 is 5.73 Å². The van der Waals surface area contributed by atoms with Crippen molar-refractivity contribution in [3.63, 3.8) is 0 Å². The zero-order valence-electron chi connectivity index (χ0n) is 10.7. The van der Waals surface area contributed by atoms with Crippen LogP contribution in [0.25, 0.3) is 0 Å². The first kappa shape index (κ1) is 11.7. The topological polar surface area (TPSA) is 55.4 Å². The Bertz CT molecular complexity index is 684. The van der Waals surface area contributed by atoms with Crippen LogP contribution in [0.15, 0.2) is 47.5 Å². The number of hydrogen-bond donors (Lipinski definition) is 1. The molecule has 0 bridgehead atoms. The highest BCUT2D eigenvalue weighted by molar-refractivity contribution is 6.16. The summed E-state index contributed by atoms with van der Waals surface area (Å²) >= 11 is 0. The molecule has 1 aliphatic rings. The lowest BCUT2D eigenvalue weighted by molar-refractivity contribution is 0.100. The number of carbonyl (C=O) groups excluding carboxylic acids is 1. The lowest BCUT2D eigenvalue weighted by Gasteiger charge is -2.06. The molecule has 1 amide bonds. The summed E-state index contributed by atoms with van der Waals surface area (Å²) in [6.07, 6.45) is 0. The van der Waals surface area contributed by atoms with Gasteiger partial charge in [0.1, 0.15) is 0 Å². The molecule has 19 heavy (non-hydrogen) atoms. The Labute approximate surface area is 111 Å². The van der Waals surface area contributed by atoms with Crippen molar-refractivity contribution in [2.24, 2.45) is 10.7 Å². The Balaban J connectivity index is 2.07. The van der Waals surface area contributed by atoms with E-state index in [2.05, 4.69) is 36.2 Å². The normalized spacial score (nSPS) is 13.0. The van der Waals surface area contributed by atoms with Crippen LogP contribution >= 0.6 is 0 Å². The van der Waals surface area contributed by atoms with Crippen LogP contribution in [0.1, 0.15) is 32.6 Å². The highest BCUT2D eigenvalue weighted by Gasteiger charge is 2.18. The fourth-order valence-corrected chi connectivity index (χ4v) is 2.30. The zero-order valence-corrected chi connectivity index (χ0v) is 10.7. The quantitative estimate of drug-likeness (QED) is 0.874. The monoisotopic (exact) mass is 250 g/mol. The van der Waals surface area contributed by atoms with Crippen molar-refractivity contribution < 1.29 is 4.79 Å². The van der Waals surface area contributed by atoms with Gasteiger partial charge in [-0.05, 0) is 24.6 Å². The van der Waals surface area contributed by atoms with Crippen LogP contribution < -0.4 is 5.73 Å². The Morgan fingerprint density at radius 3 is 2.58 bits per heavy atom. The third-order valence-corrected chi connectivity index (χ3v) is 3.38. The molecule has 0 aliphatic carbocycles. The summed E-state index contributed by atoms with van der Waals surface area (Å²) in [7, 11) is 0. The van der Waals surface area contributed by atoms with E-state index in [4.69, 9.17) is 5.73 Å². The number of aryl methyl sites for hydroxylation is 1. The number of hydrogen-bond acceptors (Lipinski definition) is 2. The van der Waals surface area contributed by atoms with Crippen LogP contribution in [0.3, 0.4) is 0 Å².